The first kappa shape index (κ1) is 13.3. The molecule has 0 radical (unpaired) electrons. The Kier molecular flexibility index (Phi) is 5.26. The molecule has 0 aromatic heterocycles. The van der Waals surface area contributed by atoms with Crippen molar-refractivity contribution in [3.05, 3.63) is 0 Å². The lowest BCUT2D eigenvalue weighted by Crippen LogP contribution is -2.41. The van der Waals surface area contributed by atoms with Crippen LogP contribution >= 0.6 is 0 Å². The predicted molar refractivity (Wildman–Crippen MR) is 71.3 cm³/mol. The van der Waals surface area contributed by atoms with Crippen LogP contribution in [0.3, 0.4) is 0 Å². The number of likely N-dealkylation sites (N-methyl/N-ethyl adjacent to an activating group) is 1. The molecule has 0 spiro atoms. The van der Waals surface area contributed by atoms with Gasteiger partial charge in [-0.1, -0.05) is 6.92 Å². The van der Waals surface area contributed by atoms with Crippen molar-refractivity contribution in [2.24, 2.45) is 0 Å². The lowest BCUT2D eigenvalue weighted by molar-refractivity contribution is 0.0584. The number of hydrogen-bond donors (Lipinski definition) is 1. The molecule has 0 aromatic rings. The summed E-state index contributed by atoms with van der Waals surface area (Å²) in [5.41, 5.74) is 0. The second-order valence-electron chi connectivity index (χ2n) is 5.54. The second-order valence-corrected chi connectivity index (χ2v) is 5.54. The van der Waals surface area contributed by atoms with Gasteiger partial charge in [-0.15, -0.1) is 0 Å². The van der Waals surface area contributed by atoms with E-state index in [4.69, 9.17) is 4.74 Å². The molecule has 2 saturated carbocycles. The Hall–Kier alpha value is -0.120. The molecule has 2 aliphatic rings. The normalized spacial score (nSPS) is 29.8. The van der Waals surface area contributed by atoms with Crippen molar-refractivity contribution in [1.82, 2.24) is 10.2 Å². The fourth-order valence-electron chi connectivity index (χ4n) is 3.00. The molecule has 0 amide bonds. The van der Waals surface area contributed by atoms with E-state index in [0.29, 0.717) is 12.1 Å². The zero-order valence-electron chi connectivity index (χ0n) is 11.5. The minimum absolute atomic E-state index is 0.493. The Balaban J connectivity index is 1.60. The highest BCUT2D eigenvalue weighted by Gasteiger charge is 2.27. The number of rotatable bonds is 7. The monoisotopic (exact) mass is 240 g/mol. The van der Waals surface area contributed by atoms with Gasteiger partial charge < -0.3 is 10.1 Å². The average Bonchev–Trinajstić information content (AvgIpc) is 3.19. The smallest absolute Gasteiger partial charge is 0.0586 e. The van der Waals surface area contributed by atoms with Gasteiger partial charge in [0.25, 0.3) is 0 Å². The van der Waals surface area contributed by atoms with E-state index >= 15 is 0 Å². The Morgan fingerprint density at radius 1 is 1.24 bits per heavy atom. The summed E-state index contributed by atoms with van der Waals surface area (Å²) in [4.78, 5) is 2.61. The molecule has 3 heteroatoms. The maximum Gasteiger partial charge on any atom is 0.0586 e. The van der Waals surface area contributed by atoms with Crippen LogP contribution in [-0.4, -0.2) is 49.8 Å². The van der Waals surface area contributed by atoms with Gasteiger partial charge >= 0.3 is 0 Å². The number of ether oxygens (including phenoxy) is 1. The first-order valence-electron chi connectivity index (χ1n) is 7.33. The van der Waals surface area contributed by atoms with Gasteiger partial charge in [-0.2, -0.15) is 0 Å². The number of nitrogens with zero attached hydrogens (tertiary/aromatic N) is 1. The molecule has 3 nitrogen and oxygen atoms in total. The van der Waals surface area contributed by atoms with E-state index in [1.807, 2.05) is 7.11 Å². The molecular weight excluding hydrogens is 212 g/mol. The summed E-state index contributed by atoms with van der Waals surface area (Å²) in [7, 11) is 1.85. The number of hydrogen-bond acceptors (Lipinski definition) is 3. The van der Waals surface area contributed by atoms with Gasteiger partial charge in [0.2, 0.25) is 0 Å². The molecule has 17 heavy (non-hydrogen) atoms. The molecular formula is C14H28N2O. The minimum Gasteiger partial charge on any atom is -0.381 e. The molecule has 1 N–H and O–H groups in total. The van der Waals surface area contributed by atoms with Gasteiger partial charge in [0, 0.05) is 32.3 Å². The van der Waals surface area contributed by atoms with Gasteiger partial charge in [-0.05, 0) is 45.1 Å². The SMILES string of the molecule is CCN(CCNC1CCCC(OC)C1)C1CC1. The lowest BCUT2D eigenvalue weighted by atomic mass is 9.93. The lowest BCUT2D eigenvalue weighted by Gasteiger charge is -2.30. The van der Waals surface area contributed by atoms with E-state index in [9.17, 15) is 0 Å². The summed E-state index contributed by atoms with van der Waals surface area (Å²) in [6.07, 6.45) is 8.42. The van der Waals surface area contributed by atoms with Crippen molar-refractivity contribution in [2.45, 2.75) is 63.6 Å². The predicted octanol–water partition coefficient (Wildman–Crippen LogP) is 2.02. The van der Waals surface area contributed by atoms with Crippen molar-refractivity contribution in [3.63, 3.8) is 0 Å². The summed E-state index contributed by atoms with van der Waals surface area (Å²) < 4.78 is 5.47. The fraction of sp³-hybridized carbons (Fsp3) is 1.00. The highest BCUT2D eigenvalue weighted by Crippen LogP contribution is 2.26. The zero-order valence-corrected chi connectivity index (χ0v) is 11.5. The zero-order chi connectivity index (χ0) is 12.1. The third-order valence-electron chi connectivity index (χ3n) is 4.26. The molecule has 2 fully saturated rings. The van der Waals surface area contributed by atoms with E-state index in [0.717, 1.165) is 12.6 Å². The van der Waals surface area contributed by atoms with Gasteiger partial charge in [-0.25, -0.2) is 0 Å². The summed E-state index contributed by atoms with van der Waals surface area (Å²) in [6, 6.07) is 1.59. The first-order valence-corrected chi connectivity index (χ1v) is 7.33. The topological polar surface area (TPSA) is 24.5 Å². The van der Waals surface area contributed by atoms with Crippen molar-refractivity contribution >= 4 is 0 Å². The molecule has 0 aromatic carbocycles. The van der Waals surface area contributed by atoms with Crippen LogP contribution in [0.2, 0.25) is 0 Å². The molecule has 2 unspecified atom stereocenters. The molecule has 2 atom stereocenters. The van der Waals surface area contributed by atoms with Crippen LogP contribution in [0.15, 0.2) is 0 Å². The van der Waals surface area contributed by atoms with Crippen LogP contribution in [-0.2, 0) is 4.74 Å². The summed E-state index contributed by atoms with van der Waals surface area (Å²) in [5, 5.41) is 3.71. The molecule has 0 heterocycles. The first-order chi connectivity index (χ1) is 8.33. The van der Waals surface area contributed by atoms with Crippen LogP contribution in [0.25, 0.3) is 0 Å². The fourth-order valence-corrected chi connectivity index (χ4v) is 3.00. The molecule has 2 rings (SSSR count). The van der Waals surface area contributed by atoms with Crippen LogP contribution in [0.4, 0.5) is 0 Å². The van der Waals surface area contributed by atoms with E-state index < -0.39 is 0 Å². The Morgan fingerprint density at radius 3 is 2.71 bits per heavy atom. The van der Waals surface area contributed by atoms with Gasteiger partial charge in [0.1, 0.15) is 0 Å². The minimum atomic E-state index is 0.493. The van der Waals surface area contributed by atoms with Crippen LogP contribution < -0.4 is 5.32 Å². The maximum absolute atomic E-state index is 5.47. The molecule has 2 aliphatic carbocycles. The van der Waals surface area contributed by atoms with E-state index in [1.54, 1.807) is 0 Å². The van der Waals surface area contributed by atoms with Crippen LogP contribution in [0.5, 0.6) is 0 Å². The highest BCUT2D eigenvalue weighted by atomic mass is 16.5. The second kappa shape index (κ2) is 6.72. The van der Waals surface area contributed by atoms with Crippen molar-refractivity contribution < 1.29 is 4.74 Å². The summed E-state index contributed by atoms with van der Waals surface area (Å²) in [5.74, 6) is 0. The van der Waals surface area contributed by atoms with Crippen molar-refractivity contribution in [2.75, 3.05) is 26.7 Å². The van der Waals surface area contributed by atoms with Gasteiger partial charge in [-0.3, -0.25) is 4.90 Å². The Labute approximate surface area is 106 Å². The van der Waals surface area contributed by atoms with Crippen molar-refractivity contribution in [3.8, 4) is 0 Å². The molecule has 0 aliphatic heterocycles. The standard InChI is InChI=1S/C14H28N2O/c1-3-16(13-7-8-13)10-9-15-12-5-4-6-14(11-12)17-2/h12-15H,3-11H2,1-2H3. The van der Waals surface area contributed by atoms with Gasteiger partial charge in [0.15, 0.2) is 0 Å². The number of nitrogens with one attached hydrogen (secondary N) is 1. The third kappa shape index (κ3) is 4.23. The van der Waals surface area contributed by atoms with Gasteiger partial charge in [0.05, 0.1) is 6.10 Å². The van der Waals surface area contributed by atoms with E-state index in [1.165, 1.54) is 51.6 Å². The highest BCUT2D eigenvalue weighted by molar-refractivity contribution is 4.85. The third-order valence-corrected chi connectivity index (χ3v) is 4.26. The molecule has 100 valence electrons. The van der Waals surface area contributed by atoms with Crippen LogP contribution in [0, 0.1) is 0 Å². The van der Waals surface area contributed by atoms with Crippen LogP contribution in [0.1, 0.15) is 45.4 Å². The molecule has 0 bridgehead atoms. The van der Waals surface area contributed by atoms with Crippen molar-refractivity contribution in [1.29, 1.82) is 0 Å². The average molecular weight is 240 g/mol. The Bertz CT molecular complexity index is 218. The maximum atomic E-state index is 5.47. The largest absolute Gasteiger partial charge is 0.381 e. The summed E-state index contributed by atoms with van der Waals surface area (Å²) in [6.45, 7) is 5.85. The quantitative estimate of drug-likeness (QED) is 0.737. The van der Waals surface area contributed by atoms with E-state index in [-0.39, 0.29) is 0 Å². The summed E-state index contributed by atoms with van der Waals surface area (Å²) >= 11 is 0. The number of methoxy groups -OCH3 is 1. The Morgan fingerprint density at radius 2 is 2.06 bits per heavy atom. The van der Waals surface area contributed by atoms with E-state index in [2.05, 4.69) is 17.1 Å². The molecule has 0 saturated heterocycles.